The van der Waals surface area contributed by atoms with Gasteiger partial charge in [-0.1, -0.05) is 11.6 Å². The van der Waals surface area contributed by atoms with E-state index in [2.05, 4.69) is 4.90 Å². The van der Waals surface area contributed by atoms with E-state index < -0.39 is 40.4 Å². The molecule has 2 aromatic rings. The summed E-state index contributed by atoms with van der Waals surface area (Å²) in [4.78, 5) is 16.6. The Labute approximate surface area is 210 Å². The molecule has 196 valence electrons. The van der Waals surface area contributed by atoms with Crippen molar-refractivity contribution in [2.45, 2.75) is 30.3 Å². The summed E-state index contributed by atoms with van der Waals surface area (Å²) in [5.41, 5.74) is 2.07. The molecule has 7 nitrogen and oxygen atoms in total. The highest BCUT2D eigenvalue weighted by atomic mass is 35.5. The van der Waals surface area contributed by atoms with Crippen LogP contribution in [0.3, 0.4) is 0 Å². The number of hydrogen-bond donors (Lipinski definition) is 0. The fourth-order valence-corrected chi connectivity index (χ4v) is 4.99. The highest BCUT2D eigenvalue weighted by Gasteiger charge is 2.42. The van der Waals surface area contributed by atoms with Crippen LogP contribution in [0.15, 0.2) is 35.2 Å². The number of halogens is 5. The molecule has 0 spiro atoms. The van der Waals surface area contributed by atoms with Crippen LogP contribution in [-0.2, 0) is 27.7 Å². The molecule has 0 N–H and O–H groups in total. The molecule has 0 unspecified atom stereocenters. The van der Waals surface area contributed by atoms with Gasteiger partial charge in [0.15, 0.2) is 16.4 Å². The average Bonchev–Trinajstić information content (AvgIpc) is 3.24. The summed E-state index contributed by atoms with van der Waals surface area (Å²) in [6.07, 6.45) is -3.05. The average molecular weight is 551 g/mol. The largest absolute Gasteiger partial charge is 0.486 e. The third kappa shape index (κ3) is 5.55. The first-order chi connectivity index (χ1) is 16.9. The number of anilines is 1. The second kappa shape index (κ2) is 10.1. The zero-order chi connectivity index (χ0) is 26.3. The minimum absolute atomic E-state index is 0.132. The van der Waals surface area contributed by atoms with Gasteiger partial charge in [0.05, 0.1) is 34.4 Å². The molecule has 0 radical (unpaired) electrons. The minimum atomic E-state index is -4.45. The minimum Gasteiger partial charge on any atom is -0.486 e. The van der Waals surface area contributed by atoms with Crippen molar-refractivity contribution >= 4 is 33.0 Å². The van der Waals surface area contributed by atoms with E-state index in [-0.39, 0.29) is 23.5 Å². The molecular weight excluding hydrogens is 528 g/mol. The van der Waals surface area contributed by atoms with Crippen molar-refractivity contribution in [1.29, 1.82) is 0 Å². The van der Waals surface area contributed by atoms with E-state index in [0.29, 0.717) is 31.3 Å². The van der Waals surface area contributed by atoms with Crippen molar-refractivity contribution in [3.63, 3.8) is 0 Å². The van der Waals surface area contributed by atoms with Gasteiger partial charge in [0.2, 0.25) is 0 Å². The molecule has 1 saturated heterocycles. The highest BCUT2D eigenvalue weighted by Crippen LogP contribution is 2.36. The molecule has 1 amide bonds. The van der Waals surface area contributed by atoms with Crippen molar-refractivity contribution in [3.05, 3.63) is 52.0 Å². The fourth-order valence-electron chi connectivity index (χ4n) is 4.04. The van der Waals surface area contributed by atoms with E-state index in [0.717, 1.165) is 41.3 Å². The zero-order valence-electron chi connectivity index (χ0n) is 19.1. The number of benzene rings is 2. The van der Waals surface area contributed by atoms with E-state index in [1.807, 2.05) is 6.07 Å². The molecule has 2 aliphatic rings. The zero-order valence-corrected chi connectivity index (χ0v) is 20.7. The third-order valence-electron chi connectivity index (χ3n) is 5.98. The van der Waals surface area contributed by atoms with Crippen molar-refractivity contribution in [2.24, 2.45) is 0 Å². The van der Waals surface area contributed by atoms with Gasteiger partial charge in [0, 0.05) is 32.4 Å². The van der Waals surface area contributed by atoms with Crippen LogP contribution in [-0.4, -0.2) is 70.7 Å². The molecule has 2 aromatic carbocycles. The molecule has 0 aliphatic carbocycles. The summed E-state index contributed by atoms with van der Waals surface area (Å²) in [7, 11) is -3.76. The van der Waals surface area contributed by atoms with Gasteiger partial charge in [-0.2, -0.15) is 8.78 Å². The Morgan fingerprint density at radius 2 is 1.78 bits per heavy atom. The number of carbonyl (C=O) groups is 1. The summed E-state index contributed by atoms with van der Waals surface area (Å²) in [6, 6.07) is 6.71. The summed E-state index contributed by atoms with van der Waals surface area (Å²) in [5, 5.41) is 0.502. The first kappa shape index (κ1) is 26.5. The van der Waals surface area contributed by atoms with Crippen LogP contribution < -0.4 is 9.64 Å². The topological polar surface area (TPSA) is 76.2 Å². The van der Waals surface area contributed by atoms with Gasteiger partial charge in [-0.25, -0.2) is 17.2 Å². The van der Waals surface area contributed by atoms with Crippen LogP contribution in [0.25, 0.3) is 0 Å². The van der Waals surface area contributed by atoms with Crippen LogP contribution in [0, 0.1) is 0 Å². The maximum atomic E-state index is 13.5. The Bertz CT molecular complexity index is 1270. The molecular formula is C23H23ClF4N2O5S. The van der Waals surface area contributed by atoms with Gasteiger partial charge in [-0.15, -0.1) is 0 Å². The van der Waals surface area contributed by atoms with E-state index in [1.54, 1.807) is 6.07 Å². The molecule has 1 fully saturated rings. The maximum Gasteiger partial charge on any atom is 0.340 e. The Morgan fingerprint density at radius 1 is 1.14 bits per heavy atom. The molecule has 0 aromatic heterocycles. The number of sulfone groups is 1. The van der Waals surface area contributed by atoms with E-state index in [4.69, 9.17) is 21.1 Å². The highest BCUT2D eigenvalue weighted by molar-refractivity contribution is 7.90. The molecule has 0 bridgehead atoms. The molecule has 0 atom stereocenters. The number of nitrogens with zero attached hydrogens (tertiary/aromatic N) is 2. The van der Waals surface area contributed by atoms with Crippen LogP contribution in [0.4, 0.5) is 23.2 Å². The smallest absolute Gasteiger partial charge is 0.340 e. The van der Waals surface area contributed by atoms with Crippen molar-refractivity contribution < 1.29 is 40.2 Å². The lowest BCUT2D eigenvalue weighted by Gasteiger charge is -2.30. The normalized spacial score (nSPS) is 16.4. The number of amides is 1. The summed E-state index contributed by atoms with van der Waals surface area (Å²) < 4.78 is 86.4. The number of carbonyl (C=O) groups excluding carboxylic acids is 1. The molecule has 36 heavy (non-hydrogen) atoms. The van der Waals surface area contributed by atoms with Crippen LogP contribution in [0.2, 0.25) is 5.02 Å². The standard InChI is InChI=1S/C23H23ClF4N2O5S/c1-36(32,33)16-2-3-20(35-13-23(27,28)22(25)26)17(10-16)21(31)30-11-14-8-18(24)19(9-15(14)12-30)29-4-6-34-7-5-29/h2-3,8-10,22H,4-7,11-13H2,1H3. The lowest BCUT2D eigenvalue weighted by molar-refractivity contribution is -0.148. The lowest BCUT2D eigenvalue weighted by Crippen LogP contribution is -2.36. The summed E-state index contributed by atoms with van der Waals surface area (Å²) in [6.45, 7) is 1.03. The van der Waals surface area contributed by atoms with E-state index in [1.165, 1.54) is 4.90 Å². The number of alkyl halides is 4. The number of hydrogen-bond acceptors (Lipinski definition) is 6. The third-order valence-corrected chi connectivity index (χ3v) is 7.39. The first-order valence-corrected chi connectivity index (χ1v) is 13.2. The van der Waals surface area contributed by atoms with Crippen molar-refractivity contribution in [2.75, 3.05) is 44.1 Å². The lowest BCUT2D eigenvalue weighted by atomic mass is 10.1. The van der Waals surface area contributed by atoms with Gasteiger partial charge in [-0.3, -0.25) is 4.79 Å². The molecule has 13 heteroatoms. The van der Waals surface area contributed by atoms with Gasteiger partial charge in [-0.05, 0) is 41.5 Å². The Hall–Kier alpha value is -2.57. The number of morpholine rings is 1. The van der Waals surface area contributed by atoms with Gasteiger partial charge in [0.25, 0.3) is 5.91 Å². The van der Waals surface area contributed by atoms with E-state index >= 15 is 0 Å². The molecule has 0 saturated carbocycles. The molecule has 2 aliphatic heterocycles. The number of fused-ring (bicyclic) bond motifs is 1. The summed E-state index contributed by atoms with van der Waals surface area (Å²) in [5.74, 6) is -5.57. The maximum absolute atomic E-state index is 13.5. The van der Waals surface area contributed by atoms with Gasteiger partial charge in [0.1, 0.15) is 5.75 Å². The predicted octanol–water partition coefficient (Wildman–Crippen LogP) is 4.02. The van der Waals surface area contributed by atoms with Gasteiger partial charge >= 0.3 is 12.3 Å². The first-order valence-electron chi connectivity index (χ1n) is 10.9. The second-order valence-corrected chi connectivity index (χ2v) is 11.0. The molecule has 4 rings (SSSR count). The number of ether oxygens (including phenoxy) is 2. The van der Waals surface area contributed by atoms with Crippen LogP contribution in [0.5, 0.6) is 5.75 Å². The van der Waals surface area contributed by atoms with Crippen LogP contribution in [0.1, 0.15) is 21.5 Å². The second-order valence-electron chi connectivity index (χ2n) is 8.61. The Morgan fingerprint density at radius 3 is 2.39 bits per heavy atom. The Balaban J connectivity index is 1.62. The van der Waals surface area contributed by atoms with Crippen molar-refractivity contribution in [3.8, 4) is 5.75 Å². The van der Waals surface area contributed by atoms with E-state index in [9.17, 15) is 30.8 Å². The SMILES string of the molecule is CS(=O)(=O)c1ccc(OCC(F)(F)C(F)F)c(C(=O)N2Cc3cc(Cl)c(N4CCOCC4)cc3C2)c1. The molecule has 2 heterocycles. The van der Waals surface area contributed by atoms with Gasteiger partial charge < -0.3 is 19.3 Å². The summed E-state index contributed by atoms with van der Waals surface area (Å²) >= 11 is 6.49. The predicted molar refractivity (Wildman–Crippen MR) is 124 cm³/mol. The Kier molecular flexibility index (Phi) is 7.40. The monoisotopic (exact) mass is 550 g/mol. The fraction of sp³-hybridized carbons (Fsp3) is 0.435. The quantitative estimate of drug-likeness (QED) is 0.485. The van der Waals surface area contributed by atoms with Crippen LogP contribution >= 0.6 is 11.6 Å². The van der Waals surface area contributed by atoms with Crippen molar-refractivity contribution in [1.82, 2.24) is 4.90 Å². The number of rotatable bonds is 7.